The number of hydrogen-bond acceptors (Lipinski definition) is 8. The van der Waals surface area contributed by atoms with E-state index in [-0.39, 0.29) is 18.1 Å². The summed E-state index contributed by atoms with van der Waals surface area (Å²) in [4.78, 5) is 50.7. The van der Waals surface area contributed by atoms with Crippen molar-refractivity contribution in [1.29, 1.82) is 5.26 Å². The summed E-state index contributed by atoms with van der Waals surface area (Å²) in [5.74, 6) is 0.613. The third-order valence-electron chi connectivity index (χ3n) is 6.01. The van der Waals surface area contributed by atoms with Gasteiger partial charge in [0.05, 0.1) is 17.8 Å². The van der Waals surface area contributed by atoms with Crippen molar-refractivity contribution in [3.63, 3.8) is 0 Å². The zero-order valence-corrected chi connectivity index (χ0v) is 19.8. The second-order valence-electron chi connectivity index (χ2n) is 8.70. The Labute approximate surface area is 203 Å². The Balaban J connectivity index is 1.49. The number of nitrogens with one attached hydrogen (secondary N) is 2. The number of anilines is 3. The van der Waals surface area contributed by atoms with Crippen LogP contribution in [0.2, 0.25) is 0 Å². The lowest BCUT2D eigenvalue weighted by molar-refractivity contribution is -0.136. The third-order valence-corrected chi connectivity index (χ3v) is 6.01. The van der Waals surface area contributed by atoms with Gasteiger partial charge in [-0.15, -0.1) is 0 Å². The first-order valence-corrected chi connectivity index (χ1v) is 11.6. The maximum atomic E-state index is 13.0. The number of carbonyl (C=O) groups is 3. The molecule has 2 fully saturated rings. The van der Waals surface area contributed by atoms with Crippen LogP contribution in [0.15, 0.2) is 24.4 Å². The highest BCUT2D eigenvalue weighted by molar-refractivity contribution is 6.01. The van der Waals surface area contributed by atoms with Crippen LogP contribution in [0.25, 0.3) is 0 Å². The van der Waals surface area contributed by atoms with Gasteiger partial charge in [0.2, 0.25) is 5.91 Å². The molecule has 0 aromatic carbocycles. The summed E-state index contributed by atoms with van der Waals surface area (Å²) in [6.45, 7) is 4.07. The fraction of sp³-hybridized carbons (Fsp3) is 0.417. The van der Waals surface area contributed by atoms with Gasteiger partial charge in [0.1, 0.15) is 23.4 Å². The minimum Gasteiger partial charge on any atom is -0.381 e. The summed E-state index contributed by atoms with van der Waals surface area (Å²) >= 11 is 0. The van der Waals surface area contributed by atoms with E-state index < -0.39 is 6.03 Å². The third kappa shape index (κ3) is 5.73. The van der Waals surface area contributed by atoms with Gasteiger partial charge in [0.15, 0.2) is 6.29 Å². The van der Waals surface area contributed by atoms with Gasteiger partial charge in [-0.1, -0.05) is 6.07 Å². The van der Waals surface area contributed by atoms with E-state index in [0.717, 1.165) is 19.4 Å². The summed E-state index contributed by atoms with van der Waals surface area (Å²) in [6.07, 6.45) is 4.15. The summed E-state index contributed by atoms with van der Waals surface area (Å²) in [5.41, 5.74) is 1.86. The van der Waals surface area contributed by atoms with Gasteiger partial charge in [0, 0.05) is 50.0 Å². The molecule has 2 N–H and O–H groups in total. The molecule has 35 heavy (non-hydrogen) atoms. The first-order chi connectivity index (χ1) is 16.9. The summed E-state index contributed by atoms with van der Waals surface area (Å²) in [7, 11) is 1.89. The van der Waals surface area contributed by atoms with E-state index in [1.165, 1.54) is 11.1 Å². The number of pyridine rings is 2. The number of rotatable bonds is 8. The molecule has 2 aromatic heterocycles. The van der Waals surface area contributed by atoms with Crippen molar-refractivity contribution in [1.82, 2.24) is 19.8 Å². The molecular weight excluding hydrogens is 448 g/mol. The highest BCUT2D eigenvalue weighted by Crippen LogP contribution is 2.28. The Bertz CT molecular complexity index is 1170. The van der Waals surface area contributed by atoms with Crippen molar-refractivity contribution in [2.24, 2.45) is 0 Å². The highest BCUT2D eigenvalue weighted by Gasteiger charge is 2.25. The number of amides is 3. The van der Waals surface area contributed by atoms with Gasteiger partial charge in [-0.2, -0.15) is 5.26 Å². The van der Waals surface area contributed by atoms with Crippen molar-refractivity contribution in [3.05, 3.63) is 41.2 Å². The van der Waals surface area contributed by atoms with Gasteiger partial charge < -0.3 is 10.2 Å². The molecular formula is C24H28N8O3. The minimum absolute atomic E-state index is 0.000279. The highest BCUT2D eigenvalue weighted by atomic mass is 16.2. The van der Waals surface area contributed by atoms with Crippen LogP contribution in [0.1, 0.15) is 41.4 Å². The second-order valence-corrected chi connectivity index (χ2v) is 8.70. The molecule has 0 unspecified atom stereocenters. The Morgan fingerprint density at radius 3 is 2.80 bits per heavy atom. The second kappa shape index (κ2) is 10.5. The molecule has 1 aliphatic heterocycles. The maximum absolute atomic E-state index is 13.0. The number of nitrogens with zero attached hydrogens (tertiary/aromatic N) is 6. The van der Waals surface area contributed by atoms with E-state index in [9.17, 15) is 19.6 Å². The monoisotopic (exact) mass is 476 g/mol. The van der Waals surface area contributed by atoms with E-state index in [0.29, 0.717) is 60.4 Å². The number of hydrogen-bond donors (Lipinski definition) is 2. The molecule has 11 nitrogen and oxygen atoms in total. The van der Waals surface area contributed by atoms with Gasteiger partial charge >= 0.3 is 6.03 Å². The van der Waals surface area contributed by atoms with Crippen molar-refractivity contribution in [2.45, 2.75) is 32.4 Å². The van der Waals surface area contributed by atoms with Crippen LogP contribution in [0.3, 0.4) is 0 Å². The lowest BCUT2D eigenvalue weighted by Gasteiger charge is -2.32. The normalized spacial score (nSPS) is 15.9. The Morgan fingerprint density at radius 1 is 1.34 bits per heavy atom. The van der Waals surface area contributed by atoms with E-state index in [1.54, 1.807) is 30.0 Å². The van der Waals surface area contributed by atoms with Crippen LogP contribution in [0, 0.1) is 11.3 Å². The molecule has 3 amide bonds. The zero-order valence-electron chi connectivity index (χ0n) is 19.8. The van der Waals surface area contributed by atoms with Gasteiger partial charge in [0.25, 0.3) is 0 Å². The van der Waals surface area contributed by atoms with E-state index in [1.807, 2.05) is 11.9 Å². The molecule has 1 saturated carbocycles. The van der Waals surface area contributed by atoms with E-state index in [4.69, 9.17) is 0 Å². The van der Waals surface area contributed by atoms with Crippen LogP contribution >= 0.6 is 0 Å². The molecule has 0 spiro atoms. The number of carbonyl (C=O) groups excluding carboxylic acids is 3. The Kier molecular flexibility index (Phi) is 7.22. The molecule has 3 heterocycles. The van der Waals surface area contributed by atoms with Crippen LogP contribution in [0.4, 0.5) is 22.1 Å². The summed E-state index contributed by atoms with van der Waals surface area (Å²) in [5, 5.41) is 15.3. The fourth-order valence-electron chi connectivity index (χ4n) is 3.84. The minimum atomic E-state index is -0.464. The van der Waals surface area contributed by atoms with Crippen molar-refractivity contribution >= 4 is 35.5 Å². The smallest absolute Gasteiger partial charge is 0.328 e. The topological polar surface area (TPSA) is 135 Å². The predicted octanol–water partition coefficient (Wildman–Crippen LogP) is 2.07. The molecule has 0 bridgehead atoms. The number of urea groups is 1. The maximum Gasteiger partial charge on any atom is 0.328 e. The number of aldehydes is 1. The predicted molar refractivity (Wildman–Crippen MR) is 130 cm³/mol. The van der Waals surface area contributed by atoms with Gasteiger partial charge in [-0.3, -0.25) is 24.7 Å². The lowest BCUT2D eigenvalue weighted by atomic mass is 10.1. The van der Waals surface area contributed by atoms with E-state index >= 15 is 0 Å². The van der Waals surface area contributed by atoms with Crippen molar-refractivity contribution < 1.29 is 14.4 Å². The molecule has 0 atom stereocenters. The molecule has 11 heteroatoms. The first kappa shape index (κ1) is 24.1. The standard InChI is InChI=1S/C24H28N8O3/c1-3-32(24(35)29-21-10-19(27-18-5-6-18)17(11-25)12-26-21)22-7-4-16(20(15-33)28-22)13-31-9-8-30(2)14-23(31)34/h4,7,10,12,15,18H,3,5-6,8-9,13-14H2,1-2H3,(H2,26,27,29,35). The summed E-state index contributed by atoms with van der Waals surface area (Å²) in [6, 6.07) is 7.01. The van der Waals surface area contributed by atoms with Crippen molar-refractivity contribution in [2.75, 3.05) is 48.8 Å². The molecule has 4 rings (SSSR count). The SMILES string of the molecule is CCN(C(=O)Nc1cc(NC2CC2)c(C#N)cn1)c1ccc(CN2CCN(C)CC2=O)c(C=O)n1. The molecule has 0 radical (unpaired) electrons. The van der Waals surface area contributed by atoms with Gasteiger partial charge in [-0.25, -0.2) is 14.8 Å². The van der Waals surface area contributed by atoms with E-state index in [2.05, 4.69) is 26.7 Å². The fourth-order valence-corrected chi connectivity index (χ4v) is 3.84. The zero-order chi connectivity index (χ0) is 24.9. The number of likely N-dealkylation sites (N-methyl/N-ethyl adjacent to an activating group) is 1. The number of nitriles is 1. The largest absolute Gasteiger partial charge is 0.381 e. The average molecular weight is 477 g/mol. The average Bonchev–Trinajstić information content (AvgIpc) is 3.66. The quantitative estimate of drug-likeness (QED) is 0.553. The Hall–Kier alpha value is -4.04. The molecule has 2 aromatic rings. The molecule has 1 aliphatic carbocycles. The summed E-state index contributed by atoms with van der Waals surface area (Å²) < 4.78 is 0. The number of aromatic nitrogens is 2. The van der Waals surface area contributed by atoms with Crippen LogP contribution in [-0.4, -0.2) is 77.3 Å². The molecule has 2 aliphatic rings. The Morgan fingerprint density at radius 2 is 2.14 bits per heavy atom. The lowest BCUT2D eigenvalue weighted by Crippen LogP contribution is -2.48. The van der Waals surface area contributed by atoms with Gasteiger partial charge in [-0.05, 0) is 32.9 Å². The van der Waals surface area contributed by atoms with Crippen molar-refractivity contribution in [3.8, 4) is 6.07 Å². The van der Waals surface area contributed by atoms with Crippen LogP contribution < -0.4 is 15.5 Å². The van der Waals surface area contributed by atoms with Crippen LogP contribution in [0.5, 0.6) is 0 Å². The molecule has 182 valence electrons. The van der Waals surface area contributed by atoms with Crippen LogP contribution in [-0.2, 0) is 11.3 Å². The molecule has 1 saturated heterocycles. The first-order valence-electron chi connectivity index (χ1n) is 11.6. The number of piperazine rings is 1.